The third-order valence-corrected chi connectivity index (χ3v) is 17.8. The maximum Gasteiger partial charge on any atom is 0.397 e. The molecule has 4 saturated heterocycles. The van der Waals surface area contributed by atoms with Gasteiger partial charge >= 0.3 is 83.2 Å². The molecule has 0 radical (unpaired) electrons. The van der Waals surface area contributed by atoms with Gasteiger partial charge in [-0.3, -0.25) is 65.2 Å². The summed E-state index contributed by atoms with van der Waals surface area (Å²) in [6.07, 6.45) is -41.3. The molecule has 3 amide bonds. The second-order valence-corrected chi connectivity index (χ2v) is 30.9. The highest BCUT2D eigenvalue weighted by atomic mass is 32.3. The van der Waals surface area contributed by atoms with E-state index in [1.807, 2.05) is 0 Å². The highest BCUT2D eigenvalue weighted by molar-refractivity contribution is 7.82. The number of rotatable bonds is 47. The van der Waals surface area contributed by atoms with Gasteiger partial charge in [-0.05, 0) is 34.1 Å². The summed E-state index contributed by atoms with van der Waals surface area (Å²) in [7, 11) is -44.7. The molecule has 59 heteroatoms. The molecule has 4 aliphatic heterocycles. The topological polar surface area (TPSA) is 740 Å². The molecule has 18 atom stereocenters. The van der Waals surface area contributed by atoms with Crippen LogP contribution in [0.25, 0.3) is 0 Å². The first-order valence-corrected chi connectivity index (χ1v) is 41.0. The van der Waals surface area contributed by atoms with Crippen LogP contribution in [0.5, 0.6) is 0 Å². The van der Waals surface area contributed by atoms with Crippen molar-refractivity contribution in [3.8, 4) is 0 Å². The lowest BCUT2D eigenvalue weighted by molar-refractivity contribution is -0.334. The highest BCUT2D eigenvalue weighted by Gasteiger charge is 2.57. The Balaban J connectivity index is 1.12. The lowest BCUT2D eigenvalue weighted by atomic mass is 9.98. The number of nitrogens with one attached hydrogen (secondary N) is 3. The van der Waals surface area contributed by atoms with Crippen LogP contribution in [0, 0.1) is 0 Å². The van der Waals surface area contributed by atoms with Crippen molar-refractivity contribution < 1.29 is 213 Å². The molecule has 105 heavy (non-hydrogen) atoms. The molecule has 0 saturated carbocycles. The van der Waals surface area contributed by atoms with E-state index in [9.17, 15) is 133 Å². The second-order valence-electron chi connectivity index (χ2n) is 22.6. The Morgan fingerprint density at radius 1 is 0.333 bits per heavy atom. The second kappa shape index (κ2) is 40.8. The maximum atomic E-state index is 12.7. The largest absolute Gasteiger partial charge is 0.397 e. The van der Waals surface area contributed by atoms with Crippen LogP contribution in [0.2, 0.25) is 0 Å². The summed E-state index contributed by atoms with van der Waals surface area (Å²) >= 11 is 0. The average molecular weight is 1700 g/mol. The van der Waals surface area contributed by atoms with E-state index in [1.54, 1.807) is 0 Å². The minimum Gasteiger partial charge on any atom is -0.381 e. The van der Waals surface area contributed by atoms with Crippen LogP contribution in [0.3, 0.4) is 0 Å². The zero-order valence-corrected chi connectivity index (χ0v) is 61.3. The Hall–Kier alpha value is -4.02. The molecule has 0 aromatic rings. The number of amides is 3. The van der Waals surface area contributed by atoms with Gasteiger partial charge in [-0.2, -0.15) is 67.3 Å². The summed E-state index contributed by atoms with van der Waals surface area (Å²) in [6.45, 7) is 1.47. The molecule has 4 fully saturated rings. The molecule has 0 aromatic heterocycles. The van der Waals surface area contributed by atoms with Gasteiger partial charge in [0.25, 0.3) is 0 Å². The lowest BCUT2D eigenvalue weighted by Crippen LogP contribution is -2.63. The predicted octanol–water partition coefficient (Wildman–Crippen LogP) is -5.78. The number of ether oxygens (including phenoxy) is 10. The van der Waals surface area contributed by atoms with E-state index in [-0.39, 0.29) is 58.5 Å². The highest BCUT2D eigenvalue weighted by Crippen LogP contribution is 2.38. The molecule has 51 nitrogen and oxygen atoms in total. The van der Waals surface area contributed by atoms with Crippen molar-refractivity contribution in [2.75, 3.05) is 52.9 Å². The Labute approximate surface area is 600 Å². The van der Waals surface area contributed by atoms with Crippen molar-refractivity contribution in [2.24, 2.45) is 0 Å². The van der Waals surface area contributed by atoms with Gasteiger partial charge in [0, 0.05) is 71.0 Å². The van der Waals surface area contributed by atoms with Gasteiger partial charge in [0.15, 0.2) is 55.4 Å². The monoisotopic (exact) mass is 1700 g/mol. The number of ketones is 3. The van der Waals surface area contributed by atoms with Gasteiger partial charge in [0.1, 0.15) is 54.9 Å². The average Bonchev–Trinajstić information content (AvgIpc) is 0.776. The maximum absolute atomic E-state index is 12.7. The Kier molecular flexibility index (Phi) is 36.3. The number of Topliss-reactive ketones (excluding diaryl/α,β-unsaturated/α-hetero) is 3. The van der Waals surface area contributed by atoms with Crippen LogP contribution in [-0.4, -0.2) is 302 Å². The van der Waals surface area contributed by atoms with E-state index in [0.717, 1.165) is 13.8 Å². The van der Waals surface area contributed by atoms with Crippen LogP contribution in [0.15, 0.2) is 0 Å². The quantitative estimate of drug-likeness (QED) is 0.0154. The molecule has 0 aliphatic carbocycles. The van der Waals surface area contributed by atoms with Gasteiger partial charge in [-0.1, -0.05) is 0 Å². The van der Waals surface area contributed by atoms with E-state index in [0.29, 0.717) is 0 Å². The molecule has 4 rings (SSSR count). The Morgan fingerprint density at radius 3 is 1.10 bits per heavy atom. The Bertz CT molecular complexity index is 3640. The summed E-state index contributed by atoms with van der Waals surface area (Å²) in [6, 6.07) is 0. The number of hydrogen-bond acceptors (Lipinski definition) is 40. The Morgan fingerprint density at radius 2 is 0.676 bits per heavy atom. The van der Waals surface area contributed by atoms with Gasteiger partial charge in [0.05, 0.1) is 57.3 Å². The zero-order valence-electron chi connectivity index (χ0n) is 54.8. The van der Waals surface area contributed by atoms with Crippen molar-refractivity contribution in [2.45, 2.75) is 203 Å². The predicted molar refractivity (Wildman–Crippen MR) is 327 cm³/mol. The molecule has 11 N–H and O–H groups in total. The van der Waals surface area contributed by atoms with Crippen LogP contribution in [-0.2, 0) is 193 Å². The molecule has 612 valence electrons. The smallest absolute Gasteiger partial charge is 0.381 e. The number of carbonyl (C=O) groups excluding carboxylic acids is 6. The number of hydrogen-bond donors (Lipinski definition) is 11. The van der Waals surface area contributed by atoms with Crippen molar-refractivity contribution in [3.63, 3.8) is 0 Å². The van der Waals surface area contributed by atoms with Crippen molar-refractivity contribution in [1.82, 2.24) is 16.0 Å². The van der Waals surface area contributed by atoms with Gasteiger partial charge in [-0.25, -0.2) is 33.5 Å². The van der Waals surface area contributed by atoms with Gasteiger partial charge in [-0.15, -0.1) is 0 Å². The third kappa shape index (κ3) is 37.5. The van der Waals surface area contributed by atoms with Crippen molar-refractivity contribution in [1.29, 1.82) is 0 Å². The molecule has 18 unspecified atom stereocenters. The fraction of sp³-hybridized carbons (Fsp3) is 0.870. The van der Waals surface area contributed by atoms with Crippen LogP contribution in [0.1, 0.15) is 91.9 Å². The molecule has 0 aromatic carbocycles. The fourth-order valence-corrected chi connectivity index (χ4v) is 13.8. The third-order valence-electron chi connectivity index (χ3n) is 14.1. The fourth-order valence-electron chi connectivity index (χ4n) is 9.89. The first kappa shape index (κ1) is 93.4. The molecule has 0 bridgehead atoms. The minimum atomic E-state index is -5.71. The lowest BCUT2D eigenvalue weighted by Gasteiger charge is -2.46. The van der Waals surface area contributed by atoms with Gasteiger partial charge < -0.3 is 63.3 Å². The van der Waals surface area contributed by atoms with E-state index < -0.39 is 287 Å². The minimum absolute atomic E-state index is 0.0685. The molecule has 4 aliphatic rings. The zero-order chi connectivity index (χ0) is 79.4. The summed E-state index contributed by atoms with van der Waals surface area (Å²) < 4.78 is 356. The standard InChI is InChI=1S/C46H77N3O48S8/c1-23-18-30(90-98(56,57)58)37(92-100(62,63)64)45(84-23)88-35-25(3)86-43(41(96-104(74,75)76)39(35)94-102(68,69)70)82-17-11-29(52)20-47-34(55)21-48-33(54)12-16-81-14-5-13-80-15-10-28(51)7-6-27(50)8-9-32(53)49-22-83-44-42(97-105(77,78)79)40(95-103(71,72)73)36(26(4)87-44)89-46-38(93-101(65,66)67)31(19-24(2)85-46)91-99(59,60)61/h23-26,30-31,35-46H,5-22H2,1-4H3,(H,47,55)(H,48,54)(H,49,53)(H,56,57,58)(H,59,60,61)(H,62,63,64)(H,65,66,67)(H,68,69,70)(H,71,72,73)(H,74,75,76)(H,77,78,79). The van der Waals surface area contributed by atoms with E-state index in [1.165, 1.54) is 13.8 Å². The van der Waals surface area contributed by atoms with Crippen molar-refractivity contribution >= 4 is 118 Å². The summed E-state index contributed by atoms with van der Waals surface area (Å²) in [5, 5.41) is 6.63. The normalized spacial score (nSPS) is 29.0. The first-order chi connectivity index (χ1) is 48.1. The van der Waals surface area contributed by atoms with Crippen LogP contribution in [0.4, 0.5) is 0 Å². The first-order valence-electron chi connectivity index (χ1n) is 30.0. The summed E-state index contributed by atoms with van der Waals surface area (Å²) in [5.74, 6) is -4.16. The van der Waals surface area contributed by atoms with Gasteiger partial charge in [0.2, 0.25) is 17.7 Å². The molecule has 4 heterocycles. The molecule has 0 spiro atoms. The summed E-state index contributed by atoms with van der Waals surface area (Å²) in [5.41, 5.74) is 0. The number of carbonyl (C=O) groups is 6. The summed E-state index contributed by atoms with van der Waals surface area (Å²) in [4.78, 5) is 74.9. The van der Waals surface area contributed by atoms with Crippen molar-refractivity contribution in [3.05, 3.63) is 0 Å². The van der Waals surface area contributed by atoms with E-state index >= 15 is 0 Å². The van der Waals surface area contributed by atoms with Crippen LogP contribution >= 0.6 is 0 Å². The van der Waals surface area contributed by atoms with Crippen LogP contribution < -0.4 is 16.0 Å². The van der Waals surface area contributed by atoms with E-state index in [2.05, 4.69) is 49.4 Å². The SMILES string of the molecule is CC1CC(OS(=O)(=O)O)C(OS(=O)(=O)O)C(OC2C(C)OC(OCCC(=O)CNC(=O)CNC(=O)CCOCCCOCCC(=O)CCC(=O)CCC(=O)NCOC3OC(C)C(OC4OC(C)CC(OS(=O)(=O)O)C4OS(=O)(=O)O)C(OS(=O)(=O)O)C3OS(=O)(=O)O)C(OS(=O)(=O)O)C2OS(=O)(=O)O)O1. The van der Waals surface area contributed by atoms with E-state index in [4.69, 9.17) is 47.4 Å². The molecular weight excluding hydrogens is 1620 g/mol. The molecular formula is C46H77N3O48S8.